The van der Waals surface area contributed by atoms with Crippen LogP contribution < -0.4 is 20.7 Å². The fourth-order valence-electron chi connectivity index (χ4n) is 6.57. The number of benzene rings is 2. The van der Waals surface area contributed by atoms with E-state index in [9.17, 15) is 14.3 Å². The topological polar surface area (TPSA) is 108 Å². The first-order valence-electron chi connectivity index (χ1n) is 13.4. The van der Waals surface area contributed by atoms with Crippen LogP contribution in [0.3, 0.4) is 0 Å². The van der Waals surface area contributed by atoms with Crippen molar-refractivity contribution in [2.75, 3.05) is 5.32 Å². The summed E-state index contributed by atoms with van der Waals surface area (Å²) in [6, 6.07) is 14.9. The first-order chi connectivity index (χ1) is 19.0. The minimum Gasteiger partial charge on any atom is -0.481 e. The van der Waals surface area contributed by atoms with Gasteiger partial charge in [-0.3, -0.25) is 4.79 Å². The highest BCUT2D eigenvalue weighted by atomic mass is 19.1. The molecule has 3 heterocycles. The second-order valence-corrected chi connectivity index (χ2v) is 10.6. The number of aliphatic carboxylic acids is 1. The Morgan fingerprint density at radius 2 is 1.74 bits per heavy atom. The van der Waals surface area contributed by atoms with Gasteiger partial charge in [-0.1, -0.05) is 24.3 Å². The van der Waals surface area contributed by atoms with Crippen LogP contribution in [0.1, 0.15) is 31.5 Å². The number of nitrogens with one attached hydrogen (secondary N) is 3. The number of para-hydroxylation sites is 2. The van der Waals surface area contributed by atoms with Gasteiger partial charge in [0.1, 0.15) is 29.1 Å². The summed E-state index contributed by atoms with van der Waals surface area (Å²) in [6.45, 7) is 0. The van der Waals surface area contributed by atoms with Crippen molar-refractivity contribution in [3.63, 3.8) is 0 Å². The van der Waals surface area contributed by atoms with Crippen LogP contribution in [0, 0.1) is 17.8 Å². The fourth-order valence-corrected chi connectivity index (χ4v) is 6.57. The zero-order valence-corrected chi connectivity index (χ0v) is 21.1. The Morgan fingerprint density at radius 3 is 2.54 bits per heavy atom. The normalized spacial score (nSPS) is 27.0. The Morgan fingerprint density at radius 1 is 0.974 bits per heavy atom. The fraction of sp³-hybridized carbons (Fsp3) is 0.300. The molecule has 1 aromatic heterocycles. The van der Waals surface area contributed by atoms with E-state index in [2.05, 4.69) is 16.0 Å². The molecule has 39 heavy (non-hydrogen) atoms. The highest BCUT2D eigenvalue weighted by molar-refractivity contribution is 5.95. The number of halogens is 1. The largest absolute Gasteiger partial charge is 0.481 e. The van der Waals surface area contributed by atoms with Crippen LogP contribution in [0.5, 0.6) is 11.5 Å². The maximum Gasteiger partial charge on any atom is 0.308 e. The third kappa shape index (κ3) is 4.18. The lowest BCUT2D eigenvalue weighted by Crippen LogP contribution is -2.51. The van der Waals surface area contributed by atoms with Crippen molar-refractivity contribution in [1.82, 2.24) is 20.6 Å². The molecule has 5 aliphatic rings. The van der Waals surface area contributed by atoms with E-state index < -0.39 is 11.9 Å². The summed E-state index contributed by atoms with van der Waals surface area (Å²) in [6.07, 6.45) is 8.20. The molecule has 3 unspecified atom stereocenters. The monoisotopic (exact) mass is 525 g/mol. The first kappa shape index (κ1) is 23.7. The molecule has 0 radical (unpaired) electrons. The van der Waals surface area contributed by atoms with Gasteiger partial charge in [0.25, 0.3) is 0 Å². The molecule has 3 atom stereocenters. The molecule has 8 nitrogen and oxygen atoms in total. The number of fused-ring (bicyclic) bond motifs is 5. The summed E-state index contributed by atoms with van der Waals surface area (Å²) in [4.78, 5) is 22.2. The van der Waals surface area contributed by atoms with Crippen molar-refractivity contribution in [3.8, 4) is 11.5 Å². The number of aromatic nitrogens is 2. The molecule has 198 valence electrons. The summed E-state index contributed by atoms with van der Waals surface area (Å²) in [5.74, 6) is 0.974. The smallest absolute Gasteiger partial charge is 0.308 e. The van der Waals surface area contributed by atoms with Gasteiger partial charge in [0.05, 0.1) is 5.92 Å². The summed E-state index contributed by atoms with van der Waals surface area (Å²) in [5, 5.41) is 20.7. The molecule has 8 rings (SSSR count). The van der Waals surface area contributed by atoms with Crippen molar-refractivity contribution >= 4 is 28.3 Å². The van der Waals surface area contributed by atoms with Crippen LogP contribution in [0.2, 0.25) is 0 Å². The van der Waals surface area contributed by atoms with E-state index in [1.165, 1.54) is 12.3 Å². The minimum absolute atomic E-state index is 0.158. The highest BCUT2D eigenvalue weighted by Crippen LogP contribution is 2.47. The maximum absolute atomic E-state index is 14.2. The molecular weight excluding hydrogens is 497 g/mol. The van der Waals surface area contributed by atoms with Crippen LogP contribution in [-0.4, -0.2) is 33.3 Å². The van der Waals surface area contributed by atoms with E-state index in [1.807, 2.05) is 48.5 Å². The van der Waals surface area contributed by atoms with E-state index in [0.717, 1.165) is 31.1 Å². The lowest BCUT2D eigenvalue weighted by molar-refractivity contribution is -0.148. The second kappa shape index (κ2) is 9.41. The molecule has 3 saturated carbocycles. The zero-order valence-electron chi connectivity index (χ0n) is 21.1. The van der Waals surface area contributed by atoms with Crippen LogP contribution in [0.25, 0.3) is 16.5 Å². The molecule has 2 bridgehead atoms. The number of carboxylic acids is 1. The number of hydrogen-bond acceptors (Lipinski definition) is 7. The number of rotatable bonds is 6. The quantitative estimate of drug-likeness (QED) is 0.342. The average molecular weight is 526 g/mol. The lowest BCUT2D eigenvalue weighted by Gasteiger charge is -2.47. The summed E-state index contributed by atoms with van der Waals surface area (Å²) in [7, 11) is 0. The van der Waals surface area contributed by atoms with Crippen molar-refractivity contribution in [2.24, 2.45) is 17.8 Å². The van der Waals surface area contributed by atoms with Crippen LogP contribution >= 0.6 is 0 Å². The van der Waals surface area contributed by atoms with Crippen LogP contribution in [-0.2, 0) is 4.79 Å². The third-order valence-electron chi connectivity index (χ3n) is 8.41. The minimum atomic E-state index is -0.764. The predicted octanol–water partition coefficient (Wildman–Crippen LogP) is 5.33. The molecule has 4 N–H and O–H groups in total. The van der Waals surface area contributed by atoms with E-state index in [0.29, 0.717) is 39.8 Å². The Kier molecular flexibility index (Phi) is 5.72. The average Bonchev–Trinajstić information content (AvgIpc) is 3.37. The third-order valence-corrected chi connectivity index (χ3v) is 8.41. The standard InChI is InChI=1S/C30H28FN5O3/c31-18-13-21-22(15-33-27(21)32-14-18)29-35-26-20(7-4-8-23(26)39-19-5-2-1-3-6-19)28(36-29)34-25-17-11-9-16(10-12-17)24(25)30(37)38/h1-8,13-17,24-25,27,32-33H,9-12H2,(H,37,38)(H,34,35,36). The Balaban J connectivity index is 1.36. The van der Waals surface area contributed by atoms with E-state index >= 15 is 0 Å². The molecule has 3 aliphatic carbocycles. The number of hydrogen-bond donors (Lipinski definition) is 4. The Labute approximate surface area is 224 Å². The molecule has 3 fully saturated rings. The number of carboxylic acid groups (broad SMARTS) is 1. The molecule has 2 aliphatic heterocycles. The summed E-state index contributed by atoms with van der Waals surface area (Å²) >= 11 is 0. The van der Waals surface area contributed by atoms with Gasteiger partial charge in [0.2, 0.25) is 0 Å². The van der Waals surface area contributed by atoms with Crippen molar-refractivity contribution in [1.29, 1.82) is 0 Å². The van der Waals surface area contributed by atoms with Gasteiger partial charge < -0.3 is 25.8 Å². The summed E-state index contributed by atoms with van der Waals surface area (Å²) < 4.78 is 20.4. The van der Waals surface area contributed by atoms with E-state index in [4.69, 9.17) is 14.7 Å². The highest BCUT2D eigenvalue weighted by Gasteiger charge is 2.47. The first-order valence-corrected chi connectivity index (χ1v) is 13.4. The van der Waals surface area contributed by atoms with Gasteiger partial charge in [-0.15, -0.1) is 0 Å². The number of dihydropyridines is 1. The van der Waals surface area contributed by atoms with E-state index in [1.54, 1.807) is 6.20 Å². The van der Waals surface area contributed by atoms with Gasteiger partial charge >= 0.3 is 5.97 Å². The van der Waals surface area contributed by atoms with Gasteiger partial charge in [0, 0.05) is 35.0 Å². The van der Waals surface area contributed by atoms with Gasteiger partial charge in [0.15, 0.2) is 11.6 Å². The van der Waals surface area contributed by atoms with Gasteiger partial charge in [-0.05, 0) is 67.9 Å². The van der Waals surface area contributed by atoms with Crippen molar-refractivity contribution in [2.45, 2.75) is 37.9 Å². The van der Waals surface area contributed by atoms with E-state index in [-0.39, 0.29) is 29.9 Å². The number of anilines is 1. The number of carbonyl (C=O) groups is 1. The van der Waals surface area contributed by atoms with Crippen molar-refractivity contribution in [3.05, 3.63) is 84.2 Å². The van der Waals surface area contributed by atoms with Crippen LogP contribution in [0.15, 0.2) is 78.4 Å². The van der Waals surface area contributed by atoms with Crippen LogP contribution in [0.4, 0.5) is 10.2 Å². The molecule has 0 saturated heterocycles. The zero-order chi connectivity index (χ0) is 26.5. The van der Waals surface area contributed by atoms with Crippen molar-refractivity contribution < 1.29 is 19.0 Å². The molecule has 2 aromatic carbocycles. The predicted molar refractivity (Wildman–Crippen MR) is 145 cm³/mol. The second-order valence-electron chi connectivity index (χ2n) is 10.6. The molecule has 3 aromatic rings. The van der Waals surface area contributed by atoms with Gasteiger partial charge in [-0.2, -0.15) is 0 Å². The maximum atomic E-state index is 14.2. The Hall–Kier alpha value is -4.40. The number of allylic oxidation sites excluding steroid dienone is 2. The molecular formula is C30H28FN5O3. The lowest BCUT2D eigenvalue weighted by atomic mass is 9.61. The number of nitrogens with zero attached hydrogens (tertiary/aromatic N) is 2. The molecule has 0 amide bonds. The van der Waals surface area contributed by atoms with Gasteiger partial charge in [-0.25, -0.2) is 14.4 Å². The molecule has 0 spiro atoms. The molecule has 9 heteroatoms. The SMILES string of the molecule is O=C(O)C1C2CCC(CC2)C1Nc1nc(C2=CNC3NC=C(F)C=C23)nc2c(Oc3ccccc3)cccc12. The Bertz CT molecular complexity index is 1540. The number of ether oxygens (including phenoxy) is 1. The summed E-state index contributed by atoms with van der Waals surface area (Å²) in [5.41, 5.74) is 1.95.